The summed E-state index contributed by atoms with van der Waals surface area (Å²) in [6.45, 7) is 1.16. The van der Waals surface area contributed by atoms with Crippen molar-refractivity contribution in [1.82, 2.24) is 9.97 Å². The zero-order valence-corrected chi connectivity index (χ0v) is 11.1. The summed E-state index contributed by atoms with van der Waals surface area (Å²) in [5, 5.41) is 0. The molecule has 5 heteroatoms. The number of hydrogen-bond acceptors (Lipinski definition) is 4. The standard InChI is InChI=1S/C15H16N4O/c16-7-11-6-15(20)19(10-11)14-9-17-13(8-18-14)12-4-2-1-3-5-12/h1-5,8-9,11H,6-7,10,16H2. The number of benzene rings is 1. The highest BCUT2D eigenvalue weighted by molar-refractivity contribution is 5.94. The van der Waals surface area contributed by atoms with E-state index in [2.05, 4.69) is 9.97 Å². The van der Waals surface area contributed by atoms with Crippen LogP contribution in [0, 0.1) is 5.92 Å². The molecule has 1 atom stereocenters. The van der Waals surface area contributed by atoms with Crippen molar-refractivity contribution in [3.8, 4) is 11.3 Å². The minimum Gasteiger partial charge on any atom is -0.330 e. The molecule has 20 heavy (non-hydrogen) atoms. The number of amides is 1. The maximum atomic E-state index is 11.9. The quantitative estimate of drug-likeness (QED) is 0.914. The molecule has 0 spiro atoms. The molecule has 1 saturated heterocycles. The Hall–Kier alpha value is -2.27. The van der Waals surface area contributed by atoms with Crippen LogP contribution < -0.4 is 10.6 Å². The van der Waals surface area contributed by atoms with Gasteiger partial charge < -0.3 is 5.73 Å². The van der Waals surface area contributed by atoms with Crippen LogP contribution in [-0.4, -0.2) is 29.0 Å². The van der Waals surface area contributed by atoms with Crippen LogP contribution in [0.15, 0.2) is 42.7 Å². The van der Waals surface area contributed by atoms with Gasteiger partial charge in [0.2, 0.25) is 5.91 Å². The van der Waals surface area contributed by atoms with Crippen LogP contribution in [0.4, 0.5) is 5.82 Å². The molecule has 3 rings (SSSR count). The summed E-state index contributed by atoms with van der Waals surface area (Å²) in [7, 11) is 0. The topological polar surface area (TPSA) is 72.1 Å². The van der Waals surface area contributed by atoms with Crippen LogP contribution in [0.5, 0.6) is 0 Å². The number of nitrogens with two attached hydrogens (primary N) is 1. The summed E-state index contributed by atoms with van der Waals surface area (Å²) in [5.74, 6) is 0.894. The lowest BCUT2D eigenvalue weighted by atomic mass is 10.1. The van der Waals surface area contributed by atoms with E-state index in [0.717, 1.165) is 11.3 Å². The van der Waals surface area contributed by atoms with E-state index in [1.54, 1.807) is 17.3 Å². The summed E-state index contributed by atoms with van der Waals surface area (Å²) in [5.41, 5.74) is 7.44. The van der Waals surface area contributed by atoms with Crippen LogP contribution in [0.25, 0.3) is 11.3 Å². The highest BCUT2D eigenvalue weighted by Crippen LogP contribution is 2.23. The van der Waals surface area contributed by atoms with E-state index < -0.39 is 0 Å². The maximum absolute atomic E-state index is 11.9. The first-order chi connectivity index (χ1) is 9.78. The van der Waals surface area contributed by atoms with Crippen molar-refractivity contribution < 1.29 is 4.79 Å². The van der Waals surface area contributed by atoms with Crippen molar-refractivity contribution in [3.63, 3.8) is 0 Å². The van der Waals surface area contributed by atoms with Gasteiger partial charge in [0.1, 0.15) is 0 Å². The Morgan fingerprint density at radius 1 is 1.20 bits per heavy atom. The van der Waals surface area contributed by atoms with E-state index in [0.29, 0.717) is 25.3 Å². The molecule has 0 saturated carbocycles. The first-order valence-electron chi connectivity index (χ1n) is 6.66. The van der Waals surface area contributed by atoms with Gasteiger partial charge in [0.15, 0.2) is 5.82 Å². The smallest absolute Gasteiger partial charge is 0.228 e. The van der Waals surface area contributed by atoms with Gasteiger partial charge in [0.05, 0.1) is 18.1 Å². The molecule has 102 valence electrons. The molecule has 1 aliphatic heterocycles. The first-order valence-corrected chi connectivity index (χ1v) is 6.66. The minimum absolute atomic E-state index is 0.0715. The summed E-state index contributed by atoms with van der Waals surface area (Å²) in [4.78, 5) is 22.3. The lowest BCUT2D eigenvalue weighted by Crippen LogP contribution is -2.26. The third-order valence-electron chi connectivity index (χ3n) is 3.52. The number of aromatic nitrogens is 2. The summed E-state index contributed by atoms with van der Waals surface area (Å²) in [6, 6.07) is 9.84. The fourth-order valence-corrected chi connectivity index (χ4v) is 2.38. The Kier molecular flexibility index (Phi) is 3.43. The molecule has 5 nitrogen and oxygen atoms in total. The van der Waals surface area contributed by atoms with E-state index in [1.165, 1.54) is 0 Å². The molecule has 0 bridgehead atoms. The molecule has 1 fully saturated rings. The van der Waals surface area contributed by atoms with Crippen molar-refractivity contribution in [2.75, 3.05) is 18.0 Å². The second kappa shape index (κ2) is 5.38. The molecule has 1 aliphatic rings. The number of nitrogens with zero attached hydrogens (tertiary/aromatic N) is 3. The van der Waals surface area contributed by atoms with Gasteiger partial charge in [-0.05, 0) is 12.5 Å². The van der Waals surface area contributed by atoms with Gasteiger partial charge >= 0.3 is 0 Å². The van der Waals surface area contributed by atoms with Gasteiger partial charge in [0.25, 0.3) is 0 Å². The summed E-state index contributed by atoms with van der Waals surface area (Å²) in [6.07, 6.45) is 3.85. The Bertz CT molecular complexity index is 597. The molecule has 0 radical (unpaired) electrons. The third kappa shape index (κ3) is 2.40. The van der Waals surface area contributed by atoms with Gasteiger partial charge in [-0.3, -0.25) is 14.7 Å². The van der Waals surface area contributed by atoms with Gasteiger partial charge in [0, 0.05) is 18.5 Å². The fraction of sp³-hybridized carbons (Fsp3) is 0.267. The molecule has 0 aliphatic carbocycles. The van der Waals surface area contributed by atoms with Crippen LogP contribution in [0.2, 0.25) is 0 Å². The van der Waals surface area contributed by atoms with Gasteiger partial charge in [-0.1, -0.05) is 30.3 Å². The number of anilines is 1. The molecule has 2 N–H and O–H groups in total. The molecule has 2 heterocycles. The van der Waals surface area contributed by atoms with Crippen LogP contribution in [0.3, 0.4) is 0 Å². The summed E-state index contributed by atoms with van der Waals surface area (Å²) >= 11 is 0. The van der Waals surface area contributed by atoms with Crippen molar-refractivity contribution in [2.24, 2.45) is 11.7 Å². The Balaban J connectivity index is 1.82. The molecule has 1 unspecified atom stereocenters. The van der Waals surface area contributed by atoms with E-state index in [9.17, 15) is 4.79 Å². The lowest BCUT2D eigenvalue weighted by molar-refractivity contribution is -0.117. The third-order valence-corrected chi connectivity index (χ3v) is 3.52. The fourth-order valence-electron chi connectivity index (χ4n) is 2.38. The zero-order chi connectivity index (χ0) is 13.9. The Morgan fingerprint density at radius 2 is 2.00 bits per heavy atom. The number of carbonyl (C=O) groups is 1. The average molecular weight is 268 g/mol. The van der Waals surface area contributed by atoms with Crippen LogP contribution >= 0.6 is 0 Å². The predicted octanol–water partition coefficient (Wildman–Crippen LogP) is 1.46. The Morgan fingerprint density at radius 3 is 2.60 bits per heavy atom. The van der Waals surface area contributed by atoms with Gasteiger partial charge in [-0.15, -0.1) is 0 Å². The highest BCUT2D eigenvalue weighted by atomic mass is 16.2. The molecule has 1 amide bonds. The summed E-state index contributed by atoms with van der Waals surface area (Å²) < 4.78 is 0. The molecule has 2 aromatic rings. The normalized spacial score (nSPS) is 18.6. The van der Waals surface area contributed by atoms with E-state index in [-0.39, 0.29) is 11.8 Å². The number of hydrogen-bond donors (Lipinski definition) is 1. The van der Waals surface area contributed by atoms with Gasteiger partial charge in [-0.25, -0.2) is 4.98 Å². The van der Waals surface area contributed by atoms with Crippen LogP contribution in [-0.2, 0) is 4.79 Å². The van der Waals surface area contributed by atoms with Crippen molar-refractivity contribution in [3.05, 3.63) is 42.7 Å². The van der Waals surface area contributed by atoms with Crippen LogP contribution in [0.1, 0.15) is 6.42 Å². The van der Waals surface area contributed by atoms with Crippen molar-refractivity contribution >= 4 is 11.7 Å². The largest absolute Gasteiger partial charge is 0.330 e. The molecular formula is C15H16N4O. The predicted molar refractivity (Wildman–Crippen MR) is 77.0 cm³/mol. The minimum atomic E-state index is 0.0715. The molecule has 1 aromatic carbocycles. The monoisotopic (exact) mass is 268 g/mol. The van der Waals surface area contributed by atoms with E-state index in [4.69, 9.17) is 5.73 Å². The van der Waals surface area contributed by atoms with Gasteiger partial charge in [-0.2, -0.15) is 0 Å². The lowest BCUT2D eigenvalue weighted by Gasteiger charge is -2.15. The second-order valence-electron chi connectivity index (χ2n) is 4.94. The first kappa shape index (κ1) is 12.7. The molecular weight excluding hydrogens is 252 g/mol. The van der Waals surface area contributed by atoms with Crippen molar-refractivity contribution in [2.45, 2.75) is 6.42 Å². The Labute approximate surface area is 117 Å². The van der Waals surface area contributed by atoms with Crippen molar-refractivity contribution in [1.29, 1.82) is 0 Å². The zero-order valence-electron chi connectivity index (χ0n) is 11.1. The SMILES string of the molecule is NCC1CC(=O)N(c2cnc(-c3ccccc3)cn2)C1. The number of rotatable bonds is 3. The highest BCUT2D eigenvalue weighted by Gasteiger charge is 2.30. The average Bonchev–Trinajstić information content (AvgIpc) is 2.89. The maximum Gasteiger partial charge on any atom is 0.228 e. The van der Waals surface area contributed by atoms with E-state index >= 15 is 0 Å². The number of carbonyl (C=O) groups excluding carboxylic acids is 1. The molecule has 1 aromatic heterocycles. The second-order valence-corrected chi connectivity index (χ2v) is 4.94. The van der Waals surface area contributed by atoms with E-state index in [1.807, 2.05) is 30.3 Å².